The lowest BCUT2D eigenvalue weighted by molar-refractivity contribution is -0.132. The summed E-state index contributed by atoms with van der Waals surface area (Å²) < 4.78 is 24.9. The van der Waals surface area contributed by atoms with Gasteiger partial charge in [-0.15, -0.1) is 0 Å². The Morgan fingerprint density at radius 3 is 2.68 bits per heavy atom. The van der Waals surface area contributed by atoms with Crippen LogP contribution in [0.3, 0.4) is 0 Å². The highest BCUT2D eigenvalue weighted by Crippen LogP contribution is 2.29. The number of aromatic amines is 1. The molecule has 0 spiro atoms. The van der Waals surface area contributed by atoms with Crippen LogP contribution in [-0.4, -0.2) is 11.0 Å². The van der Waals surface area contributed by atoms with Crippen LogP contribution in [0.5, 0.6) is 11.6 Å². The van der Waals surface area contributed by atoms with Gasteiger partial charge in [-0.3, -0.25) is 4.79 Å². The van der Waals surface area contributed by atoms with Crippen LogP contribution in [0.25, 0.3) is 10.9 Å². The third-order valence-electron chi connectivity index (χ3n) is 3.17. The number of aromatic nitrogens is 1. The van der Waals surface area contributed by atoms with Crippen molar-refractivity contribution in [2.24, 2.45) is 0 Å². The molecule has 0 radical (unpaired) electrons. The third kappa shape index (κ3) is 2.93. The predicted octanol–water partition coefficient (Wildman–Crippen LogP) is 3.81. The van der Waals surface area contributed by atoms with Gasteiger partial charge in [0.25, 0.3) is 0 Å². The Bertz CT molecular complexity index is 811. The molecule has 0 saturated carbocycles. The van der Waals surface area contributed by atoms with Crippen molar-refractivity contribution in [3.05, 3.63) is 59.9 Å². The molecule has 0 aliphatic heterocycles. The molecule has 0 amide bonds. The second-order valence-corrected chi connectivity index (χ2v) is 4.84. The number of esters is 1. The maximum Gasteiger partial charge on any atom is 0.309 e. The van der Waals surface area contributed by atoms with Crippen LogP contribution in [-0.2, 0) is 11.4 Å². The summed E-state index contributed by atoms with van der Waals surface area (Å²) in [5.41, 5.74) is 1.50. The Morgan fingerprint density at radius 2 is 1.95 bits per heavy atom. The van der Waals surface area contributed by atoms with Crippen LogP contribution in [0.15, 0.2) is 48.5 Å². The molecular formula is C17H14FNO3. The Morgan fingerprint density at radius 1 is 1.18 bits per heavy atom. The van der Waals surface area contributed by atoms with Gasteiger partial charge in [0.15, 0.2) is 11.6 Å². The molecule has 0 unspecified atom stereocenters. The minimum atomic E-state index is -0.483. The highest BCUT2D eigenvalue weighted by Gasteiger charge is 2.13. The van der Waals surface area contributed by atoms with Gasteiger partial charge < -0.3 is 14.5 Å². The SMILES string of the molecule is CC(=O)Oc1cc2c(F)c(OCc3ccccc3)ccc2[nH]1. The number of carbonyl (C=O) groups excluding carboxylic acids is 1. The molecule has 4 nitrogen and oxygen atoms in total. The van der Waals surface area contributed by atoms with Crippen LogP contribution in [0.4, 0.5) is 4.39 Å². The molecule has 0 aliphatic rings. The topological polar surface area (TPSA) is 51.3 Å². The first-order valence-electron chi connectivity index (χ1n) is 6.80. The summed E-state index contributed by atoms with van der Waals surface area (Å²) in [6, 6.07) is 14.2. The first-order chi connectivity index (χ1) is 10.6. The van der Waals surface area contributed by atoms with Crippen molar-refractivity contribution in [1.82, 2.24) is 4.98 Å². The van der Waals surface area contributed by atoms with E-state index in [2.05, 4.69) is 4.98 Å². The minimum Gasteiger partial charge on any atom is -0.486 e. The van der Waals surface area contributed by atoms with E-state index in [4.69, 9.17) is 9.47 Å². The minimum absolute atomic E-state index is 0.157. The van der Waals surface area contributed by atoms with Crippen LogP contribution >= 0.6 is 0 Å². The molecule has 22 heavy (non-hydrogen) atoms. The van der Waals surface area contributed by atoms with E-state index in [-0.39, 0.29) is 18.2 Å². The zero-order chi connectivity index (χ0) is 15.5. The van der Waals surface area contributed by atoms with E-state index in [9.17, 15) is 9.18 Å². The smallest absolute Gasteiger partial charge is 0.309 e. The first kappa shape index (κ1) is 14.1. The summed E-state index contributed by atoms with van der Waals surface area (Å²) in [7, 11) is 0. The van der Waals surface area contributed by atoms with E-state index < -0.39 is 11.8 Å². The van der Waals surface area contributed by atoms with Gasteiger partial charge in [-0.1, -0.05) is 30.3 Å². The molecule has 0 saturated heterocycles. The Kier molecular flexibility index (Phi) is 3.78. The average molecular weight is 299 g/mol. The van der Waals surface area contributed by atoms with Crippen LogP contribution < -0.4 is 9.47 Å². The first-order valence-corrected chi connectivity index (χ1v) is 6.80. The second-order valence-electron chi connectivity index (χ2n) is 4.84. The number of hydrogen-bond donors (Lipinski definition) is 1. The van der Waals surface area contributed by atoms with Crippen molar-refractivity contribution in [1.29, 1.82) is 0 Å². The number of nitrogens with one attached hydrogen (secondary N) is 1. The van der Waals surface area contributed by atoms with Crippen molar-refractivity contribution in [2.75, 3.05) is 0 Å². The number of benzene rings is 2. The highest BCUT2D eigenvalue weighted by atomic mass is 19.1. The lowest BCUT2D eigenvalue weighted by atomic mass is 10.2. The summed E-state index contributed by atoms with van der Waals surface area (Å²) in [6.45, 7) is 1.57. The summed E-state index contributed by atoms with van der Waals surface area (Å²) in [4.78, 5) is 13.8. The van der Waals surface area contributed by atoms with Gasteiger partial charge in [0.2, 0.25) is 5.88 Å². The Balaban J connectivity index is 1.84. The zero-order valence-electron chi connectivity index (χ0n) is 11.9. The average Bonchev–Trinajstić information content (AvgIpc) is 2.90. The van der Waals surface area contributed by atoms with E-state index in [0.717, 1.165) is 5.56 Å². The van der Waals surface area contributed by atoms with E-state index in [0.29, 0.717) is 10.9 Å². The van der Waals surface area contributed by atoms with Crippen molar-refractivity contribution in [3.63, 3.8) is 0 Å². The predicted molar refractivity (Wildman–Crippen MR) is 80.3 cm³/mol. The molecule has 1 aromatic heterocycles. The fourth-order valence-corrected chi connectivity index (χ4v) is 2.18. The summed E-state index contributed by atoms with van der Waals surface area (Å²) in [6.07, 6.45) is 0. The van der Waals surface area contributed by atoms with Crippen LogP contribution in [0, 0.1) is 5.82 Å². The van der Waals surface area contributed by atoms with E-state index in [1.54, 1.807) is 12.1 Å². The van der Waals surface area contributed by atoms with Crippen LogP contribution in [0.2, 0.25) is 0 Å². The highest BCUT2D eigenvalue weighted by molar-refractivity contribution is 5.84. The number of H-pyrrole nitrogens is 1. The van der Waals surface area contributed by atoms with Crippen molar-refractivity contribution >= 4 is 16.9 Å². The summed E-state index contributed by atoms with van der Waals surface area (Å²) >= 11 is 0. The third-order valence-corrected chi connectivity index (χ3v) is 3.17. The molecule has 1 heterocycles. The Labute approximate surface area is 126 Å². The maximum absolute atomic E-state index is 14.4. The number of halogens is 1. The molecule has 3 aromatic rings. The fraction of sp³-hybridized carbons (Fsp3) is 0.118. The number of carbonyl (C=O) groups is 1. The molecule has 0 fully saturated rings. The zero-order valence-corrected chi connectivity index (χ0v) is 11.9. The number of ether oxygens (including phenoxy) is 2. The molecule has 1 N–H and O–H groups in total. The number of hydrogen-bond acceptors (Lipinski definition) is 3. The summed E-state index contributed by atoms with van der Waals surface area (Å²) in [5.74, 6) is -0.582. The molecule has 112 valence electrons. The molecule has 0 atom stereocenters. The van der Waals surface area contributed by atoms with Gasteiger partial charge in [-0.2, -0.15) is 0 Å². The van der Waals surface area contributed by atoms with Gasteiger partial charge in [0.05, 0.1) is 5.52 Å². The van der Waals surface area contributed by atoms with Gasteiger partial charge in [-0.25, -0.2) is 4.39 Å². The monoisotopic (exact) mass is 299 g/mol. The van der Waals surface area contributed by atoms with Crippen LogP contribution in [0.1, 0.15) is 12.5 Å². The molecular weight excluding hydrogens is 285 g/mol. The Hall–Kier alpha value is -2.82. The lowest BCUT2D eigenvalue weighted by Gasteiger charge is -2.07. The lowest BCUT2D eigenvalue weighted by Crippen LogP contribution is -2.00. The van der Waals surface area contributed by atoms with Gasteiger partial charge >= 0.3 is 5.97 Å². The van der Waals surface area contributed by atoms with Crippen molar-refractivity contribution in [2.45, 2.75) is 13.5 Å². The van der Waals surface area contributed by atoms with Crippen molar-refractivity contribution in [3.8, 4) is 11.6 Å². The van der Waals surface area contributed by atoms with E-state index in [1.807, 2.05) is 30.3 Å². The van der Waals surface area contributed by atoms with Crippen molar-refractivity contribution < 1.29 is 18.7 Å². The van der Waals surface area contributed by atoms with Gasteiger partial charge in [0, 0.05) is 18.4 Å². The fourth-order valence-electron chi connectivity index (χ4n) is 2.18. The quantitative estimate of drug-likeness (QED) is 0.745. The van der Waals surface area contributed by atoms with Gasteiger partial charge in [0.1, 0.15) is 6.61 Å². The number of fused-ring (bicyclic) bond motifs is 1. The van der Waals surface area contributed by atoms with E-state index >= 15 is 0 Å². The molecule has 5 heteroatoms. The summed E-state index contributed by atoms with van der Waals surface area (Å²) in [5, 5.41) is 0.321. The molecule has 3 rings (SSSR count). The molecule has 0 bridgehead atoms. The number of rotatable bonds is 4. The van der Waals surface area contributed by atoms with E-state index in [1.165, 1.54) is 13.0 Å². The molecule has 0 aliphatic carbocycles. The maximum atomic E-state index is 14.4. The second kappa shape index (κ2) is 5.89. The van der Waals surface area contributed by atoms with Gasteiger partial charge in [-0.05, 0) is 17.7 Å². The standard InChI is InChI=1S/C17H14FNO3/c1-11(20)22-16-9-13-14(19-16)7-8-15(17(13)18)21-10-12-5-3-2-4-6-12/h2-9,19H,10H2,1H3. The largest absolute Gasteiger partial charge is 0.486 e. The normalized spacial score (nSPS) is 10.6. The molecule has 2 aromatic carbocycles.